The summed E-state index contributed by atoms with van der Waals surface area (Å²) in [5.74, 6) is 1.19. The second-order valence-corrected chi connectivity index (χ2v) is 5.68. The van der Waals surface area contributed by atoms with Crippen molar-refractivity contribution >= 4 is 5.84 Å². The lowest BCUT2D eigenvalue weighted by molar-refractivity contribution is 0.433. The third-order valence-electron chi connectivity index (χ3n) is 4.20. The van der Waals surface area contributed by atoms with Crippen molar-refractivity contribution in [2.75, 3.05) is 13.1 Å². The Balaban J connectivity index is 1.84. The Morgan fingerprint density at radius 3 is 2.58 bits per heavy atom. The van der Waals surface area contributed by atoms with Crippen LogP contribution in [0.3, 0.4) is 0 Å². The molecule has 0 N–H and O–H groups in total. The zero-order chi connectivity index (χ0) is 12.9. The van der Waals surface area contributed by atoms with E-state index in [9.17, 15) is 0 Å². The molecule has 2 aliphatic rings. The Morgan fingerprint density at radius 2 is 1.89 bits per heavy atom. The zero-order valence-electron chi connectivity index (χ0n) is 11.6. The number of hydrogen-bond acceptors (Lipinski definition) is 2. The maximum atomic E-state index is 5.09. The van der Waals surface area contributed by atoms with E-state index in [1.807, 2.05) is 18.5 Å². The van der Waals surface area contributed by atoms with Gasteiger partial charge in [0, 0.05) is 31.0 Å². The van der Waals surface area contributed by atoms with E-state index in [4.69, 9.17) is 4.99 Å². The molecule has 1 aliphatic heterocycles. The fraction of sp³-hybridized carbons (Fsp3) is 0.625. The SMILES string of the molecule is c1cncc(C(=NC2CCCCC2)N2CCCC2)c1. The van der Waals surface area contributed by atoms with E-state index >= 15 is 0 Å². The van der Waals surface area contributed by atoms with Gasteiger partial charge in [-0.1, -0.05) is 19.3 Å². The van der Waals surface area contributed by atoms with Crippen molar-refractivity contribution in [1.29, 1.82) is 0 Å². The number of aliphatic imine (C=N–C) groups is 1. The summed E-state index contributed by atoms with van der Waals surface area (Å²) < 4.78 is 0. The summed E-state index contributed by atoms with van der Waals surface area (Å²) in [4.78, 5) is 11.8. The van der Waals surface area contributed by atoms with Crippen molar-refractivity contribution in [3.8, 4) is 0 Å². The second kappa shape index (κ2) is 6.18. The van der Waals surface area contributed by atoms with Crippen LogP contribution in [0.5, 0.6) is 0 Å². The Bertz CT molecular complexity index is 415. The van der Waals surface area contributed by atoms with Crippen LogP contribution < -0.4 is 0 Å². The molecule has 0 amide bonds. The molecule has 3 heteroatoms. The standard InChI is InChI=1S/C16H23N3/c1-2-8-15(9-3-1)18-16(19-11-4-5-12-19)14-7-6-10-17-13-14/h6-7,10,13,15H,1-5,8-9,11-12H2. The van der Waals surface area contributed by atoms with Crippen LogP contribution in [0.25, 0.3) is 0 Å². The average molecular weight is 257 g/mol. The van der Waals surface area contributed by atoms with E-state index < -0.39 is 0 Å². The molecule has 3 rings (SSSR count). The van der Waals surface area contributed by atoms with Crippen LogP contribution >= 0.6 is 0 Å². The van der Waals surface area contributed by atoms with Crippen LogP contribution in [0, 0.1) is 0 Å². The second-order valence-electron chi connectivity index (χ2n) is 5.68. The molecule has 0 bridgehead atoms. The van der Waals surface area contributed by atoms with Crippen LogP contribution in [0.15, 0.2) is 29.5 Å². The molecule has 3 nitrogen and oxygen atoms in total. The van der Waals surface area contributed by atoms with Crippen molar-refractivity contribution in [3.63, 3.8) is 0 Å². The molecule has 0 unspecified atom stereocenters. The smallest absolute Gasteiger partial charge is 0.132 e. The minimum atomic E-state index is 0.532. The topological polar surface area (TPSA) is 28.5 Å². The zero-order valence-corrected chi connectivity index (χ0v) is 11.6. The predicted molar refractivity (Wildman–Crippen MR) is 78.5 cm³/mol. The van der Waals surface area contributed by atoms with Crippen LogP contribution in [0.2, 0.25) is 0 Å². The minimum absolute atomic E-state index is 0.532. The predicted octanol–water partition coefficient (Wildman–Crippen LogP) is 3.26. The third kappa shape index (κ3) is 3.14. The van der Waals surface area contributed by atoms with Gasteiger partial charge < -0.3 is 4.90 Å². The van der Waals surface area contributed by atoms with Crippen molar-refractivity contribution in [3.05, 3.63) is 30.1 Å². The molecular formula is C16H23N3. The summed E-state index contributed by atoms with van der Waals surface area (Å²) in [7, 11) is 0. The van der Waals surface area contributed by atoms with Crippen LogP contribution in [-0.2, 0) is 0 Å². The Kier molecular flexibility index (Phi) is 4.11. The van der Waals surface area contributed by atoms with E-state index in [1.165, 1.54) is 56.3 Å². The molecule has 0 aromatic carbocycles. The summed E-state index contributed by atoms with van der Waals surface area (Å²) in [6.45, 7) is 2.31. The van der Waals surface area contributed by atoms with E-state index in [0.717, 1.165) is 13.1 Å². The molecule has 1 aromatic rings. The number of pyridine rings is 1. The van der Waals surface area contributed by atoms with Gasteiger partial charge in [-0.25, -0.2) is 0 Å². The lowest BCUT2D eigenvalue weighted by Crippen LogP contribution is -2.30. The van der Waals surface area contributed by atoms with Gasteiger partial charge in [-0.05, 0) is 37.8 Å². The van der Waals surface area contributed by atoms with E-state index in [1.54, 1.807) is 0 Å². The van der Waals surface area contributed by atoms with E-state index in [2.05, 4.69) is 16.0 Å². The summed E-state index contributed by atoms with van der Waals surface area (Å²) >= 11 is 0. The first-order valence-electron chi connectivity index (χ1n) is 7.66. The minimum Gasteiger partial charge on any atom is -0.356 e. The van der Waals surface area contributed by atoms with E-state index in [-0.39, 0.29) is 0 Å². The molecule has 0 spiro atoms. The molecule has 2 heterocycles. The normalized spacial score (nSPS) is 21.9. The maximum absolute atomic E-state index is 5.09. The van der Waals surface area contributed by atoms with Gasteiger partial charge in [0.2, 0.25) is 0 Å². The highest BCUT2D eigenvalue weighted by atomic mass is 15.2. The number of hydrogen-bond donors (Lipinski definition) is 0. The molecule has 0 atom stereocenters. The highest BCUT2D eigenvalue weighted by molar-refractivity contribution is 5.98. The molecule has 102 valence electrons. The summed E-state index contributed by atoms with van der Waals surface area (Å²) in [5.41, 5.74) is 1.19. The third-order valence-corrected chi connectivity index (χ3v) is 4.20. The highest BCUT2D eigenvalue weighted by Crippen LogP contribution is 2.22. The molecule has 1 aromatic heterocycles. The summed E-state index contributed by atoms with van der Waals surface area (Å²) in [6.07, 6.45) is 13.0. The van der Waals surface area contributed by atoms with Crippen molar-refractivity contribution < 1.29 is 0 Å². The summed E-state index contributed by atoms with van der Waals surface area (Å²) in [5, 5.41) is 0. The fourth-order valence-electron chi connectivity index (χ4n) is 3.15. The van der Waals surface area contributed by atoms with Gasteiger partial charge in [0.05, 0.1) is 6.04 Å². The van der Waals surface area contributed by atoms with Crippen molar-refractivity contribution in [2.24, 2.45) is 4.99 Å². The van der Waals surface area contributed by atoms with Gasteiger partial charge in [-0.2, -0.15) is 0 Å². The fourth-order valence-corrected chi connectivity index (χ4v) is 3.15. The van der Waals surface area contributed by atoms with Crippen LogP contribution in [-0.4, -0.2) is 34.9 Å². The lowest BCUT2D eigenvalue weighted by atomic mass is 9.96. The first kappa shape index (κ1) is 12.6. The first-order valence-corrected chi connectivity index (χ1v) is 7.66. The highest BCUT2D eigenvalue weighted by Gasteiger charge is 2.20. The van der Waals surface area contributed by atoms with Crippen molar-refractivity contribution in [1.82, 2.24) is 9.88 Å². The average Bonchev–Trinajstić information content (AvgIpc) is 3.01. The summed E-state index contributed by atoms with van der Waals surface area (Å²) in [6, 6.07) is 4.69. The van der Waals surface area contributed by atoms with Crippen molar-refractivity contribution in [2.45, 2.75) is 51.0 Å². The molecular weight excluding hydrogens is 234 g/mol. The maximum Gasteiger partial charge on any atom is 0.132 e. The van der Waals surface area contributed by atoms with Gasteiger partial charge in [0.15, 0.2) is 0 Å². The van der Waals surface area contributed by atoms with Gasteiger partial charge in [-0.15, -0.1) is 0 Å². The number of rotatable bonds is 2. The Labute approximate surface area is 115 Å². The van der Waals surface area contributed by atoms with Gasteiger partial charge in [0.1, 0.15) is 5.84 Å². The Morgan fingerprint density at radius 1 is 1.11 bits per heavy atom. The first-order chi connectivity index (χ1) is 9.43. The van der Waals surface area contributed by atoms with Gasteiger partial charge in [-0.3, -0.25) is 9.98 Å². The molecule has 19 heavy (non-hydrogen) atoms. The largest absolute Gasteiger partial charge is 0.356 e. The molecule has 0 radical (unpaired) electrons. The molecule has 2 fully saturated rings. The van der Waals surface area contributed by atoms with E-state index in [0.29, 0.717) is 6.04 Å². The van der Waals surface area contributed by atoms with Crippen LogP contribution in [0.1, 0.15) is 50.5 Å². The number of amidine groups is 1. The van der Waals surface area contributed by atoms with Gasteiger partial charge in [0.25, 0.3) is 0 Å². The van der Waals surface area contributed by atoms with Gasteiger partial charge >= 0.3 is 0 Å². The number of likely N-dealkylation sites (tertiary alicyclic amines) is 1. The number of nitrogens with zero attached hydrogens (tertiary/aromatic N) is 3. The molecule has 1 saturated heterocycles. The molecule has 1 saturated carbocycles. The number of aromatic nitrogens is 1. The Hall–Kier alpha value is -1.38. The molecule has 1 aliphatic carbocycles. The quantitative estimate of drug-likeness (QED) is 0.601. The monoisotopic (exact) mass is 257 g/mol. The van der Waals surface area contributed by atoms with Crippen LogP contribution in [0.4, 0.5) is 0 Å². The lowest BCUT2D eigenvalue weighted by Gasteiger charge is -2.24.